The van der Waals surface area contributed by atoms with Crippen LogP contribution in [0.2, 0.25) is 0 Å². The van der Waals surface area contributed by atoms with Crippen LogP contribution in [-0.4, -0.2) is 0 Å². The largest absolute Gasteiger partial charge is 0.310 e. The van der Waals surface area contributed by atoms with E-state index < -0.39 is 227 Å². The minimum absolute atomic E-state index is 0.393. The van der Waals surface area contributed by atoms with Crippen LogP contribution in [0.15, 0.2) is 133 Å². The van der Waals surface area contributed by atoms with Gasteiger partial charge in [0.15, 0.2) is 0 Å². The number of anilines is 3. The number of hydrogen-bond acceptors (Lipinski definition) is 1. The molecule has 5 aromatic rings. The Labute approximate surface area is 270 Å². The lowest BCUT2D eigenvalue weighted by Gasteiger charge is -2.35. The van der Waals surface area contributed by atoms with Crippen LogP contribution in [0.25, 0.3) is 28.3 Å². The maximum atomic E-state index is 9.60. The zero-order valence-corrected chi connectivity index (χ0v) is 19.9. The predicted molar refractivity (Wildman–Crippen MR) is 166 cm³/mol. The Morgan fingerprint density at radius 1 is 0.564 bits per heavy atom. The second-order valence-electron chi connectivity index (χ2n) is 8.39. The van der Waals surface area contributed by atoms with Gasteiger partial charge in [0.05, 0.1) is 31.5 Å². The Balaban J connectivity index is 1.67. The monoisotopic (exact) mass is 530 g/mol. The minimum Gasteiger partial charge on any atom is -0.310 e. The number of rotatable bonds is 5. The van der Waals surface area contributed by atoms with Crippen molar-refractivity contribution in [3.63, 3.8) is 0 Å². The summed E-state index contributed by atoms with van der Waals surface area (Å²) in [5, 5.41) is 0. The van der Waals surface area contributed by atoms with E-state index >= 15 is 0 Å². The standard InChI is InChI=1S/C38H33N/c1-3-9-28(10-4-1)30-17-21-34(22-18-30)39(35-23-19-31(20-24-35)29-11-5-2-6-12-29)36-25-26-38-33(27-36)16-15-32-13-7-8-14-37(32)38/h1-6,9-12,15-27,32,37H,7-8,13-14H2/i1D,2D,3D,4D,5D,6D,7D,8D,9D,10D,11D,12D,13D,14D,15D,16D,17D,18D,19D,20D,21D,22D,23D,24D,25D,26D,27D. The first kappa shape index (κ1) is 8.57. The van der Waals surface area contributed by atoms with Crippen LogP contribution in [0.4, 0.5) is 17.1 Å². The van der Waals surface area contributed by atoms with Gasteiger partial charge in [-0.2, -0.15) is 0 Å². The number of benzene rings is 5. The van der Waals surface area contributed by atoms with Crippen molar-refractivity contribution in [2.24, 2.45) is 5.92 Å². The Morgan fingerprint density at radius 3 is 1.67 bits per heavy atom. The summed E-state index contributed by atoms with van der Waals surface area (Å²) in [7, 11) is 0. The summed E-state index contributed by atoms with van der Waals surface area (Å²) in [5.74, 6) is -2.89. The lowest BCUT2D eigenvalue weighted by atomic mass is 9.71. The maximum absolute atomic E-state index is 9.60. The van der Waals surface area contributed by atoms with Gasteiger partial charge in [-0.1, -0.05) is 116 Å². The normalized spacial score (nSPS) is 35.5. The fourth-order valence-electron chi connectivity index (χ4n) is 4.21. The molecular formula is C38H33N. The van der Waals surface area contributed by atoms with Crippen LogP contribution in [-0.2, 0) is 0 Å². The molecule has 7 rings (SSSR count). The zero-order valence-electron chi connectivity index (χ0n) is 46.9. The van der Waals surface area contributed by atoms with Gasteiger partial charge in [0.2, 0.25) is 0 Å². The van der Waals surface area contributed by atoms with Gasteiger partial charge in [0.1, 0.15) is 0 Å². The molecule has 2 aliphatic carbocycles. The van der Waals surface area contributed by atoms with Gasteiger partial charge in [-0.05, 0) is 94.3 Å². The highest BCUT2D eigenvalue weighted by Gasteiger charge is 2.29. The lowest BCUT2D eigenvalue weighted by molar-refractivity contribution is 0.360. The molecule has 2 aliphatic rings. The molecule has 0 aromatic heterocycles. The average Bonchev–Trinajstić information content (AvgIpc) is 3.28. The van der Waals surface area contributed by atoms with Crippen molar-refractivity contribution >= 4 is 23.1 Å². The third-order valence-electron chi connectivity index (χ3n) is 6.05. The Kier molecular flexibility index (Phi) is 2.29. The Hall–Kier alpha value is -4.36. The van der Waals surface area contributed by atoms with Gasteiger partial charge < -0.3 is 4.90 Å². The molecule has 1 saturated carbocycles. The van der Waals surface area contributed by atoms with Gasteiger partial charge >= 0.3 is 0 Å². The fraction of sp³-hybridized carbons (Fsp3) is 0.158. The molecule has 1 heteroatoms. The summed E-state index contributed by atoms with van der Waals surface area (Å²) in [6.45, 7) is 0. The molecular weight excluding hydrogens is 470 g/mol. The van der Waals surface area contributed by atoms with E-state index in [9.17, 15) is 9.60 Å². The first-order chi connectivity index (χ1) is 30.6. The third kappa shape index (κ3) is 4.70. The van der Waals surface area contributed by atoms with Gasteiger partial charge in [-0.3, -0.25) is 0 Å². The van der Waals surface area contributed by atoms with E-state index in [4.69, 9.17) is 27.4 Å². The summed E-state index contributed by atoms with van der Waals surface area (Å²) in [6.07, 6.45) is -6.31. The molecule has 190 valence electrons. The maximum Gasteiger partial charge on any atom is 0.0651 e. The van der Waals surface area contributed by atoms with Crippen LogP contribution in [0, 0.1) is 5.92 Å². The van der Waals surface area contributed by atoms with Crippen LogP contribution < -0.4 is 4.90 Å². The summed E-state index contributed by atoms with van der Waals surface area (Å²) in [4.78, 5) is 0.393. The third-order valence-corrected chi connectivity index (χ3v) is 6.05. The molecule has 39 heavy (non-hydrogen) atoms. The molecule has 0 amide bonds. The van der Waals surface area contributed by atoms with Crippen molar-refractivity contribution in [1.29, 1.82) is 0 Å². The fourth-order valence-corrected chi connectivity index (χ4v) is 4.21. The van der Waals surface area contributed by atoms with E-state index in [-0.39, 0.29) is 0 Å². The van der Waals surface area contributed by atoms with Gasteiger partial charge in [-0.25, -0.2) is 0 Å². The van der Waals surface area contributed by atoms with E-state index in [1.54, 1.807) is 0 Å². The second kappa shape index (κ2) is 10.4. The molecule has 6 atom stereocenters. The van der Waals surface area contributed by atoms with E-state index in [1.807, 2.05) is 0 Å². The molecule has 1 fully saturated rings. The minimum atomic E-state index is -1.63. The first-order valence-corrected chi connectivity index (χ1v) is 11.7. The predicted octanol–water partition coefficient (Wildman–Crippen LogP) is 10.8. The quantitative estimate of drug-likeness (QED) is 0.218. The first-order valence-electron chi connectivity index (χ1n) is 25.6. The topological polar surface area (TPSA) is 3.24 Å². The SMILES string of the molecule is [2H]C1=C([2H])C2C([2H])C([2H])C([2H])C([2H])C2c2c([2H])c([2H])c(N(c3c([2H])c([2H])c(-c4c([2H])c([2H])c([2H])c([2H])c4[2H])c([2H])c3[2H])c3c([2H])c([2H])c(-c4c([2H])c([2H])c([2H])c([2H])c4[2H])c([2H])c3[2H])c([2H])c21. The Bertz CT molecular complexity index is 2760. The molecule has 0 aliphatic heterocycles. The van der Waals surface area contributed by atoms with Crippen molar-refractivity contribution in [3.8, 4) is 22.3 Å². The number of hydrogen-bond donors (Lipinski definition) is 0. The molecule has 0 N–H and O–H groups in total. The molecule has 0 saturated heterocycles. The van der Waals surface area contributed by atoms with Crippen molar-refractivity contribution in [2.45, 2.75) is 31.5 Å². The summed E-state index contributed by atoms with van der Waals surface area (Å²) in [6, 6.07) is -22.8. The zero-order chi connectivity index (χ0) is 49.5. The van der Waals surface area contributed by atoms with Crippen molar-refractivity contribution in [1.82, 2.24) is 0 Å². The highest BCUT2D eigenvalue weighted by molar-refractivity contribution is 5.81. The summed E-state index contributed by atoms with van der Waals surface area (Å²) < 4.78 is 237. The highest BCUT2D eigenvalue weighted by atomic mass is 15.1. The smallest absolute Gasteiger partial charge is 0.0651 e. The van der Waals surface area contributed by atoms with Gasteiger partial charge in [0, 0.05) is 22.5 Å². The summed E-state index contributed by atoms with van der Waals surface area (Å²) >= 11 is 0. The van der Waals surface area contributed by atoms with Crippen molar-refractivity contribution < 1.29 is 37.0 Å². The van der Waals surface area contributed by atoms with E-state index in [2.05, 4.69) is 0 Å². The number of allylic oxidation sites excluding steroid dienone is 1. The van der Waals surface area contributed by atoms with E-state index in [0.717, 1.165) is 0 Å². The van der Waals surface area contributed by atoms with E-state index in [0.29, 0.717) is 4.90 Å². The van der Waals surface area contributed by atoms with E-state index in [1.165, 1.54) is 0 Å². The number of nitrogens with zero attached hydrogens (tertiary/aromatic N) is 1. The average molecular weight is 531 g/mol. The second-order valence-corrected chi connectivity index (χ2v) is 8.39. The molecule has 0 radical (unpaired) electrons. The molecule has 0 spiro atoms. The summed E-state index contributed by atoms with van der Waals surface area (Å²) in [5.41, 5.74) is -7.43. The van der Waals surface area contributed by atoms with Gasteiger partial charge in [0.25, 0.3) is 0 Å². The molecule has 0 bridgehead atoms. The molecule has 6 unspecified atom stereocenters. The van der Waals surface area contributed by atoms with Crippen LogP contribution in [0.5, 0.6) is 0 Å². The molecule has 1 nitrogen and oxygen atoms in total. The molecule has 5 aromatic carbocycles. The molecule has 0 heterocycles. The number of fused-ring (bicyclic) bond motifs is 3. The Morgan fingerprint density at radius 2 is 1.08 bits per heavy atom. The van der Waals surface area contributed by atoms with Gasteiger partial charge in [-0.15, -0.1) is 0 Å². The van der Waals surface area contributed by atoms with Crippen LogP contribution in [0.3, 0.4) is 0 Å². The van der Waals surface area contributed by atoms with Crippen LogP contribution >= 0.6 is 0 Å². The van der Waals surface area contributed by atoms with Crippen molar-refractivity contribution in [2.75, 3.05) is 4.90 Å². The highest BCUT2D eigenvalue weighted by Crippen LogP contribution is 2.45. The lowest BCUT2D eigenvalue weighted by Crippen LogP contribution is -2.19. The van der Waals surface area contributed by atoms with Crippen LogP contribution in [0.1, 0.15) is 79.6 Å². The van der Waals surface area contributed by atoms with Crippen molar-refractivity contribution in [3.05, 3.63) is 144 Å².